The fourth-order valence-electron chi connectivity index (χ4n) is 1.55. The van der Waals surface area contributed by atoms with E-state index in [0.717, 1.165) is 30.4 Å². The van der Waals surface area contributed by atoms with Gasteiger partial charge in [-0.3, -0.25) is 4.79 Å². The van der Waals surface area contributed by atoms with Gasteiger partial charge in [-0.2, -0.15) is 0 Å². The molecule has 0 amide bonds. The van der Waals surface area contributed by atoms with Crippen LogP contribution in [0.1, 0.15) is 39.5 Å². The number of Topliss-reactive ketones (excluding diaryl/α,β-unsaturated/α-hetero) is 1. The molecule has 1 heteroatoms. The van der Waals surface area contributed by atoms with Gasteiger partial charge in [-0.1, -0.05) is 26.5 Å². The standard InChI is InChI=1S/C12H18O/c1-9(2)10(3)11-7-5-4-6-8-12(11)13/h7,9H,3-6,8H2,1-2H3. The van der Waals surface area contributed by atoms with E-state index in [2.05, 4.69) is 26.5 Å². The molecule has 0 aliphatic heterocycles. The topological polar surface area (TPSA) is 17.1 Å². The second kappa shape index (κ2) is 4.40. The lowest BCUT2D eigenvalue weighted by Gasteiger charge is -2.11. The number of carbonyl (C=O) groups is 1. The van der Waals surface area contributed by atoms with Crippen LogP contribution in [0.15, 0.2) is 23.8 Å². The summed E-state index contributed by atoms with van der Waals surface area (Å²) in [7, 11) is 0. The molecule has 0 atom stereocenters. The average molecular weight is 178 g/mol. The maximum atomic E-state index is 11.6. The van der Waals surface area contributed by atoms with E-state index in [9.17, 15) is 4.79 Å². The van der Waals surface area contributed by atoms with Gasteiger partial charge in [0.15, 0.2) is 5.78 Å². The minimum Gasteiger partial charge on any atom is -0.294 e. The van der Waals surface area contributed by atoms with Gasteiger partial charge in [0.05, 0.1) is 0 Å². The van der Waals surface area contributed by atoms with Crippen molar-refractivity contribution in [3.63, 3.8) is 0 Å². The van der Waals surface area contributed by atoms with Crippen molar-refractivity contribution in [3.05, 3.63) is 23.8 Å². The van der Waals surface area contributed by atoms with Gasteiger partial charge in [0, 0.05) is 12.0 Å². The van der Waals surface area contributed by atoms with E-state index >= 15 is 0 Å². The highest BCUT2D eigenvalue weighted by Gasteiger charge is 2.16. The Labute approximate surface area is 80.5 Å². The summed E-state index contributed by atoms with van der Waals surface area (Å²) in [5, 5.41) is 0. The Kier molecular flexibility index (Phi) is 3.47. The largest absolute Gasteiger partial charge is 0.294 e. The Morgan fingerprint density at radius 1 is 1.46 bits per heavy atom. The van der Waals surface area contributed by atoms with Crippen LogP contribution in [0.25, 0.3) is 0 Å². The average Bonchev–Trinajstić information content (AvgIpc) is 2.28. The van der Waals surface area contributed by atoms with Crippen molar-refractivity contribution >= 4 is 5.78 Å². The van der Waals surface area contributed by atoms with E-state index in [4.69, 9.17) is 0 Å². The summed E-state index contributed by atoms with van der Waals surface area (Å²) in [5.41, 5.74) is 1.90. The predicted molar refractivity (Wildman–Crippen MR) is 55.5 cm³/mol. The number of ketones is 1. The quantitative estimate of drug-likeness (QED) is 0.634. The number of hydrogen-bond acceptors (Lipinski definition) is 1. The van der Waals surface area contributed by atoms with Crippen LogP contribution in [-0.4, -0.2) is 5.78 Å². The molecule has 13 heavy (non-hydrogen) atoms. The molecule has 0 saturated heterocycles. The minimum atomic E-state index is 0.288. The van der Waals surface area contributed by atoms with E-state index in [0.29, 0.717) is 12.3 Å². The molecule has 0 fully saturated rings. The van der Waals surface area contributed by atoms with E-state index < -0.39 is 0 Å². The van der Waals surface area contributed by atoms with E-state index in [1.807, 2.05) is 0 Å². The molecule has 0 aromatic rings. The smallest absolute Gasteiger partial charge is 0.162 e. The Morgan fingerprint density at radius 2 is 2.15 bits per heavy atom. The first-order valence-corrected chi connectivity index (χ1v) is 5.05. The first kappa shape index (κ1) is 10.2. The van der Waals surface area contributed by atoms with Crippen LogP contribution in [-0.2, 0) is 4.79 Å². The Balaban J connectivity index is 2.80. The van der Waals surface area contributed by atoms with Crippen LogP contribution in [0.5, 0.6) is 0 Å². The van der Waals surface area contributed by atoms with Gasteiger partial charge in [-0.25, -0.2) is 0 Å². The second-order valence-corrected chi connectivity index (χ2v) is 3.97. The highest BCUT2D eigenvalue weighted by atomic mass is 16.1. The van der Waals surface area contributed by atoms with Gasteiger partial charge >= 0.3 is 0 Å². The molecule has 72 valence electrons. The first-order chi connectivity index (χ1) is 6.13. The molecular weight excluding hydrogens is 160 g/mol. The van der Waals surface area contributed by atoms with Crippen LogP contribution >= 0.6 is 0 Å². The highest BCUT2D eigenvalue weighted by Crippen LogP contribution is 2.23. The number of allylic oxidation sites excluding steroid dienone is 3. The fourth-order valence-corrected chi connectivity index (χ4v) is 1.55. The van der Waals surface area contributed by atoms with Gasteiger partial charge < -0.3 is 0 Å². The molecule has 0 bridgehead atoms. The lowest BCUT2D eigenvalue weighted by atomic mass is 9.93. The van der Waals surface area contributed by atoms with Crippen molar-refractivity contribution in [1.29, 1.82) is 0 Å². The highest BCUT2D eigenvalue weighted by molar-refractivity contribution is 5.99. The Morgan fingerprint density at radius 3 is 2.77 bits per heavy atom. The summed E-state index contributed by atoms with van der Waals surface area (Å²) in [6.07, 6.45) is 5.98. The lowest BCUT2D eigenvalue weighted by molar-refractivity contribution is -0.115. The van der Waals surface area contributed by atoms with Gasteiger partial charge in [-0.15, -0.1) is 0 Å². The van der Waals surface area contributed by atoms with Gasteiger partial charge in [0.1, 0.15) is 0 Å². The Bertz CT molecular complexity index is 246. The molecule has 0 aromatic carbocycles. The van der Waals surface area contributed by atoms with Crippen LogP contribution < -0.4 is 0 Å². The molecular formula is C12H18O. The maximum absolute atomic E-state index is 11.6. The van der Waals surface area contributed by atoms with Crippen molar-refractivity contribution < 1.29 is 4.79 Å². The predicted octanol–water partition coefficient (Wildman–Crippen LogP) is 3.27. The second-order valence-electron chi connectivity index (χ2n) is 3.97. The van der Waals surface area contributed by atoms with Crippen molar-refractivity contribution in [1.82, 2.24) is 0 Å². The molecule has 0 radical (unpaired) electrons. The molecule has 0 saturated carbocycles. The third kappa shape index (κ3) is 2.55. The zero-order valence-electron chi connectivity index (χ0n) is 8.60. The summed E-state index contributed by atoms with van der Waals surface area (Å²) in [6.45, 7) is 8.15. The molecule has 1 nitrogen and oxygen atoms in total. The van der Waals surface area contributed by atoms with E-state index in [-0.39, 0.29) is 5.78 Å². The molecule has 1 rings (SSSR count). The van der Waals surface area contributed by atoms with Crippen molar-refractivity contribution in [2.45, 2.75) is 39.5 Å². The molecule has 0 heterocycles. The SMILES string of the molecule is C=C(C1=CCCCCC1=O)C(C)C. The lowest BCUT2D eigenvalue weighted by Crippen LogP contribution is -2.06. The molecule has 0 aromatic heterocycles. The monoisotopic (exact) mass is 178 g/mol. The molecule has 1 aliphatic carbocycles. The molecule has 0 unspecified atom stereocenters. The maximum Gasteiger partial charge on any atom is 0.162 e. The van der Waals surface area contributed by atoms with Crippen LogP contribution in [0.3, 0.4) is 0 Å². The third-order valence-electron chi connectivity index (χ3n) is 2.55. The zero-order valence-corrected chi connectivity index (χ0v) is 8.60. The molecule has 0 N–H and O–H groups in total. The van der Waals surface area contributed by atoms with Crippen molar-refractivity contribution in [3.8, 4) is 0 Å². The number of carbonyl (C=O) groups excluding carboxylic acids is 1. The summed E-state index contributed by atoms with van der Waals surface area (Å²) < 4.78 is 0. The fraction of sp³-hybridized carbons (Fsp3) is 0.583. The van der Waals surface area contributed by atoms with E-state index in [1.54, 1.807) is 0 Å². The van der Waals surface area contributed by atoms with Gasteiger partial charge in [0.2, 0.25) is 0 Å². The summed E-state index contributed by atoms with van der Waals surface area (Å²) in [6, 6.07) is 0. The molecule has 1 aliphatic rings. The van der Waals surface area contributed by atoms with Crippen molar-refractivity contribution in [2.75, 3.05) is 0 Å². The number of hydrogen-bond donors (Lipinski definition) is 0. The first-order valence-electron chi connectivity index (χ1n) is 5.05. The summed E-state index contributed by atoms with van der Waals surface area (Å²) in [4.78, 5) is 11.6. The minimum absolute atomic E-state index is 0.288. The van der Waals surface area contributed by atoms with Crippen LogP contribution in [0.2, 0.25) is 0 Å². The van der Waals surface area contributed by atoms with Crippen LogP contribution in [0.4, 0.5) is 0 Å². The normalized spacial score (nSPS) is 18.4. The van der Waals surface area contributed by atoms with E-state index in [1.165, 1.54) is 0 Å². The van der Waals surface area contributed by atoms with Gasteiger partial charge in [0.25, 0.3) is 0 Å². The van der Waals surface area contributed by atoms with Crippen molar-refractivity contribution in [2.24, 2.45) is 5.92 Å². The zero-order chi connectivity index (χ0) is 9.84. The number of rotatable bonds is 2. The summed E-state index contributed by atoms with van der Waals surface area (Å²) in [5.74, 6) is 0.671. The summed E-state index contributed by atoms with van der Waals surface area (Å²) >= 11 is 0. The van der Waals surface area contributed by atoms with Gasteiger partial charge in [-0.05, 0) is 30.8 Å². The third-order valence-corrected chi connectivity index (χ3v) is 2.55. The molecule has 0 spiro atoms. The Hall–Kier alpha value is -0.850. The van der Waals surface area contributed by atoms with Crippen LogP contribution in [0, 0.1) is 5.92 Å².